The van der Waals surface area contributed by atoms with Crippen molar-refractivity contribution in [1.82, 2.24) is 5.32 Å². The van der Waals surface area contributed by atoms with Crippen LogP contribution in [0.2, 0.25) is 10.0 Å². The third-order valence-corrected chi connectivity index (χ3v) is 3.02. The topological polar surface area (TPSA) is 29.1 Å². The normalized spacial score (nSPS) is 13.3. The number of rotatable bonds is 2. The van der Waals surface area contributed by atoms with Crippen molar-refractivity contribution in [3.63, 3.8) is 0 Å². The summed E-state index contributed by atoms with van der Waals surface area (Å²) >= 11 is 11.9. The Bertz CT molecular complexity index is 424. The van der Waals surface area contributed by atoms with Gasteiger partial charge in [0.1, 0.15) is 0 Å². The van der Waals surface area contributed by atoms with E-state index in [0.29, 0.717) is 10.0 Å². The fraction of sp³-hybridized carbons (Fsp3) is 0.462. The number of amides is 1. The van der Waals surface area contributed by atoms with Crippen molar-refractivity contribution >= 4 is 29.1 Å². The van der Waals surface area contributed by atoms with Crippen LogP contribution in [0.25, 0.3) is 0 Å². The first kappa shape index (κ1) is 14.3. The van der Waals surface area contributed by atoms with Gasteiger partial charge in [-0.15, -0.1) is 0 Å². The molecule has 0 fully saturated rings. The number of carbonyl (C=O) groups excluding carboxylic acids is 1. The Kier molecular flexibility index (Phi) is 4.45. The van der Waals surface area contributed by atoms with Crippen LogP contribution in [0.4, 0.5) is 0 Å². The predicted octanol–water partition coefficient (Wildman–Crippen LogP) is 4.22. The molecule has 0 saturated heterocycles. The fourth-order valence-electron chi connectivity index (χ4n) is 1.34. The van der Waals surface area contributed by atoms with Crippen LogP contribution >= 0.6 is 23.2 Å². The Morgan fingerprint density at radius 2 is 1.88 bits per heavy atom. The van der Waals surface area contributed by atoms with E-state index in [2.05, 4.69) is 5.32 Å². The second kappa shape index (κ2) is 5.28. The van der Waals surface area contributed by atoms with Crippen LogP contribution in [0.1, 0.15) is 39.3 Å². The molecule has 0 aliphatic heterocycles. The first-order valence-electron chi connectivity index (χ1n) is 5.47. The zero-order chi connectivity index (χ0) is 13.2. The highest BCUT2D eigenvalue weighted by atomic mass is 35.5. The average Bonchev–Trinajstić information content (AvgIpc) is 2.15. The standard InChI is InChI=1S/C13H17Cl2NO/c1-8(16-12(17)13(2,3)4)10-6-5-9(14)7-11(10)15/h5-8H,1-4H3,(H,16,17). The molecule has 94 valence electrons. The van der Waals surface area contributed by atoms with Crippen LogP contribution in [0.5, 0.6) is 0 Å². The molecule has 17 heavy (non-hydrogen) atoms. The summed E-state index contributed by atoms with van der Waals surface area (Å²) in [6, 6.07) is 5.14. The average molecular weight is 274 g/mol. The number of hydrogen-bond acceptors (Lipinski definition) is 1. The highest BCUT2D eigenvalue weighted by Gasteiger charge is 2.23. The molecule has 0 aliphatic carbocycles. The monoisotopic (exact) mass is 273 g/mol. The molecule has 1 amide bonds. The summed E-state index contributed by atoms with van der Waals surface area (Å²) in [4.78, 5) is 11.8. The third kappa shape index (κ3) is 3.90. The van der Waals surface area contributed by atoms with Crippen LogP contribution < -0.4 is 5.32 Å². The van der Waals surface area contributed by atoms with Crippen LogP contribution in [0, 0.1) is 5.41 Å². The van der Waals surface area contributed by atoms with Crippen molar-refractivity contribution in [3.05, 3.63) is 33.8 Å². The number of halogens is 2. The molecular formula is C13H17Cl2NO. The van der Waals surface area contributed by atoms with Gasteiger partial charge in [-0.1, -0.05) is 50.0 Å². The van der Waals surface area contributed by atoms with Crippen molar-refractivity contribution in [2.24, 2.45) is 5.41 Å². The molecule has 1 aromatic rings. The molecule has 1 atom stereocenters. The number of hydrogen-bond donors (Lipinski definition) is 1. The summed E-state index contributed by atoms with van der Waals surface area (Å²) in [6.07, 6.45) is 0. The lowest BCUT2D eigenvalue weighted by Crippen LogP contribution is -2.36. The molecule has 0 aromatic heterocycles. The zero-order valence-corrected chi connectivity index (χ0v) is 12.0. The molecule has 4 heteroatoms. The van der Waals surface area contributed by atoms with Gasteiger partial charge in [-0.05, 0) is 24.6 Å². The smallest absolute Gasteiger partial charge is 0.225 e. The minimum absolute atomic E-state index is 0.00369. The van der Waals surface area contributed by atoms with Crippen molar-refractivity contribution in [3.8, 4) is 0 Å². The molecule has 1 unspecified atom stereocenters. The van der Waals surface area contributed by atoms with Crippen LogP contribution in [0.3, 0.4) is 0 Å². The second-order valence-corrected chi connectivity index (χ2v) is 5.95. The second-order valence-electron chi connectivity index (χ2n) is 5.11. The van der Waals surface area contributed by atoms with Crippen molar-refractivity contribution in [2.45, 2.75) is 33.7 Å². The number of carbonyl (C=O) groups is 1. The lowest BCUT2D eigenvalue weighted by molar-refractivity contribution is -0.129. The Morgan fingerprint density at radius 3 is 2.35 bits per heavy atom. The first-order valence-corrected chi connectivity index (χ1v) is 6.23. The Balaban J connectivity index is 2.84. The predicted molar refractivity (Wildman–Crippen MR) is 72.5 cm³/mol. The van der Waals surface area contributed by atoms with Gasteiger partial charge >= 0.3 is 0 Å². The molecule has 0 heterocycles. The van der Waals surface area contributed by atoms with Crippen molar-refractivity contribution < 1.29 is 4.79 Å². The molecule has 1 rings (SSSR count). The van der Waals surface area contributed by atoms with Crippen molar-refractivity contribution in [1.29, 1.82) is 0 Å². The zero-order valence-electron chi connectivity index (χ0n) is 10.5. The first-order chi connectivity index (χ1) is 7.71. The van der Waals surface area contributed by atoms with Crippen molar-refractivity contribution in [2.75, 3.05) is 0 Å². The van der Waals surface area contributed by atoms with Gasteiger partial charge in [0.05, 0.1) is 6.04 Å². The number of nitrogens with one attached hydrogen (secondary N) is 1. The molecule has 0 spiro atoms. The fourth-order valence-corrected chi connectivity index (χ4v) is 1.92. The molecule has 1 aromatic carbocycles. The number of benzene rings is 1. The summed E-state index contributed by atoms with van der Waals surface area (Å²) in [5.74, 6) is -0.00369. The quantitative estimate of drug-likeness (QED) is 0.859. The van der Waals surface area contributed by atoms with Gasteiger partial charge in [-0.2, -0.15) is 0 Å². The SMILES string of the molecule is CC(NC(=O)C(C)(C)C)c1ccc(Cl)cc1Cl. The van der Waals surface area contributed by atoms with E-state index in [9.17, 15) is 4.79 Å². The van der Waals surface area contributed by atoms with E-state index in [4.69, 9.17) is 23.2 Å². The van der Waals surface area contributed by atoms with E-state index < -0.39 is 5.41 Å². The Hall–Kier alpha value is -0.730. The van der Waals surface area contributed by atoms with Gasteiger partial charge in [0.15, 0.2) is 0 Å². The minimum atomic E-state index is -0.410. The maximum atomic E-state index is 11.8. The summed E-state index contributed by atoms with van der Waals surface area (Å²) < 4.78 is 0. The highest BCUT2D eigenvalue weighted by Crippen LogP contribution is 2.27. The van der Waals surface area contributed by atoms with Gasteiger partial charge in [0.25, 0.3) is 0 Å². The van der Waals surface area contributed by atoms with Crippen LogP contribution in [-0.4, -0.2) is 5.91 Å². The molecule has 0 aliphatic rings. The molecule has 0 saturated carbocycles. The van der Waals surface area contributed by atoms with Crippen LogP contribution in [0.15, 0.2) is 18.2 Å². The van der Waals surface area contributed by atoms with Gasteiger partial charge < -0.3 is 5.32 Å². The summed E-state index contributed by atoms with van der Waals surface area (Å²) in [7, 11) is 0. The molecule has 2 nitrogen and oxygen atoms in total. The maximum Gasteiger partial charge on any atom is 0.225 e. The Labute approximate surface area is 112 Å². The lowest BCUT2D eigenvalue weighted by Gasteiger charge is -2.22. The lowest BCUT2D eigenvalue weighted by atomic mass is 9.94. The molecule has 0 radical (unpaired) electrons. The van der Waals surface area contributed by atoms with E-state index in [-0.39, 0.29) is 11.9 Å². The maximum absolute atomic E-state index is 11.8. The summed E-state index contributed by atoms with van der Waals surface area (Å²) in [5.41, 5.74) is 0.460. The van der Waals surface area contributed by atoms with Gasteiger partial charge in [-0.3, -0.25) is 4.79 Å². The van der Waals surface area contributed by atoms with E-state index in [1.165, 1.54) is 0 Å². The van der Waals surface area contributed by atoms with Gasteiger partial charge in [-0.25, -0.2) is 0 Å². The van der Waals surface area contributed by atoms with E-state index >= 15 is 0 Å². The van der Waals surface area contributed by atoms with Gasteiger partial charge in [0, 0.05) is 15.5 Å². The van der Waals surface area contributed by atoms with Crippen LogP contribution in [-0.2, 0) is 4.79 Å². The third-order valence-electron chi connectivity index (χ3n) is 2.46. The van der Waals surface area contributed by atoms with E-state index in [0.717, 1.165) is 5.56 Å². The van der Waals surface area contributed by atoms with Gasteiger partial charge in [0.2, 0.25) is 5.91 Å². The minimum Gasteiger partial charge on any atom is -0.349 e. The van der Waals surface area contributed by atoms with E-state index in [1.807, 2.05) is 33.8 Å². The molecular weight excluding hydrogens is 257 g/mol. The highest BCUT2D eigenvalue weighted by molar-refractivity contribution is 6.35. The largest absolute Gasteiger partial charge is 0.349 e. The molecule has 0 bridgehead atoms. The Morgan fingerprint density at radius 1 is 1.29 bits per heavy atom. The summed E-state index contributed by atoms with van der Waals surface area (Å²) in [5, 5.41) is 4.09. The molecule has 1 N–H and O–H groups in total. The van der Waals surface area contributed by atoms with E-state index in [1.54, 1.807) is 12.1 Å². The summed E-state index contributed by atoms with van der Waals surface area (Å²) in [6.45, 7) is 7.52.